The fourth-order valence-corrected chi connectivity index (χ4v) is 6.36. The number of methoxy groups -OCH3 is 2. The van der Waals surface area contributed by atoms with E-state index in [4.69, 9.17) is 21.1 Å². The van der Waals surface area contributed by atoms with Crippen LogP contribution in [-0.4, -0.2) is 60.5 Å². The Kier molecular flexibility index (Phi) is 6.26. The first-order chi connectivity index (χ1) is 18.9. The Morgan fingerprint density at radius 3 is 2.51 bits per heavy atom. The minimum Gasteiger partial charge on any atom is -0.493 e. The van der Waals surface area contributed by atoms with E-state index in [0.717, 1.165) is 33.3 Å². The van der Waals surface area contributed by atoms with Gasteiger partial charge in [0.15, 0.2) is 17.0 Å². The number of aromatic nitrogens is 1. The second-order valence-corrected chi connectivity index (χ2v) is 10.7. The summed E-state index contributed by atoms with van der Waals surface area (Å²) in [5.74, 6) is 0.875. The van der Waals surface area contributed by atoms with Crippen LogP contribution in [0.25, 0.3) is 10.9 Å². The van der Waals surface area contributed by atoms with Gasteiger partial charge in [0.1, 0.15) is 0 Å². The number of carbonyl (C=O) groups is 2. The fourth-order valence-electron chi connectivity index (χ4n) is 6.24. The third-order valence-electron chi connectivity index (χ3n) is 8.21. The molecule has 1 saturated heterocycles. The molecule has 2 atom stereocenters. The molecule has 4 aromatic rings. The van der Waals surface area contributed by atoms with E-state index in [1.54, 1.807) is 24.0 Å². The van der Waals surface area contributed by atoms with E-state index in [2.05, 4.69) is 11.1 Å². The number of fused-ring (bicyclic) bond motifs is 5. The Balaban J connectivity index is 1.46. The van der Waals surface area contributed by atoms with E-state index in [-0.39, 0.29) is 24.3 Å². The fraction of sp³-hybridized carbons (Fsp3) is 0.290. The number of H-pyrrole nitrogens is 1. The second-order valence-electron chi connectivity index (χ2n) is 10.3. The van der Waals surface area contributed by atoms with Crippen molar-refractivity contribution in [1.82, 2.24) is 14.8 Å². The minimum atomic E-state index is -1.16. The summed E-state index contributed by atoms with van der Waals surface area (Å²) >= 11 is 6.04. The lowest BCUT2D eigenvalue weighted by Crippen LogP contribution is -2.67. The monoisotopic (exact) mass is 543 g/mol. The Morgan fingerprint density at radius 2 is 1.77 bits per heavy atom. The van der Waals surface area contributed by atoms with E-state index >= 15 is 0 Å². The lowest BCUT2D eigenvalue weighted by molar-refractivity contribution is -0.166. The number of hydrogen-bond acceptors (Lipinski definition) is 4. The number of rotatable bonds is 6. The van der Waals surface area contributed by atoms with Gasteiger partial charge in [0.05, 0.1) is 26.5 Å². The number of nitrogens with zero attached hydrogens (tertiary/aromatic N) is 2. The van der Waals surface area contributed by atoms with Gasteiger partial charge in [-0.1, -0.05) is 54.1 Å². The zero-order valence-electron chi connectivity index (χ0n) is 22.2. The zero-order chi connectivity index (χ0) is 27.3. The van der Waals surface area contributed by atoms with Crippen molar-refractivity contribution in [3.63, 3.8) is 0 Å². The molecule has 3 heterocycles. The molecule has 0 saturated carbocycles. The molecule has 0 spiro atoms. The quantitative estimate of drug-likeness (QED) is 0.366. The highest BCUT2D eigenvalue weighted by Crippen LogP contribution is 2.50. The molecule has 39 heavy (non-hydrogen) atoms. The van der Waals surface area contributed by atoms with Gasteiger partial charge in [0.25, 0.3) is 5.91 Å². The van der Waals surface area contributed by atoms with Crippen molar-refractivity contribution in [3.8, 4) is 11.5 Å². The number of piperazine rings is 1. The number of amides is 2. The van der Waals surface area contributed by atoms with Gasteiger partial charge in [0.2, 0.25) is 5.91 Å². The van der Waals surface area contributed by atoms with E-state index in [1.165, 1.54) is 0 Å². The number of halogens is 1. The standard InChI is InChI=1S/C31H30ClN3O4/c1-31-29-27(22-7-4-5-9-24(22)33-29)23(21-8-6-10-25(38-2)28(21)39-3)17-35(31)26(36)18-34(30(31)37)16-15-19-11-13-20(32)14-12-19/h4-14,23,33H,15-18H2,1-3H3/t23-,31+/m1/s1. The largest absolute Gasteiger partial charge is 0.493 e. The normalized spacial score (nSPS) is 20.7. The third kappa shape index (κ3) is 3.95. The second kappa shape index (κ2) is 9.65. The number of ether oxygens (including phenoxy) is 2. The first-order valence-corrected chi connectivity index (χ1v) is 13.4. The molecule has 1 N–H and O–H groups in total. The van der Waals surface area contributed by atoms with Crippen LogP contribution in [0.4, 0.5) is 0 Å². The van der Waals surface area contributed by atoms with E-state index in [1.807, 2.05) is 67.6 Å². The lowest BCUT2D eigenvalue weighted by atomic mass is 9.76. The number of carbonyl (C=O) groups excluding carboxylic acids is 2. The highest BCUT2D eigenvalue weighted by Gasteiger charge is 2.56. The highest BCUT2D eigenvalue weighted by molar-refractivity contribution is 6.30. The molecule has 1 fully saturated rings. The summed E-state index contributed by atoms with van der Waals surface area (Å²) in [5, 5.41) is 1.70. The van der Waals surface area contributed by atoms with Crippen molar-refractivity contribution < 1.29 is 19.1 Å². The molecular weight excluding hydrogens is 514 g/mol. The van der Waals surface area contributed by atoms with Crippen molar-refractivity contribution >= 4 is 34.3 Å². The molecular formula is C31H30ClN3O4. The smallest absolute Gasteiger partial charge is 0.254 e. The van der Waals surface area contributed by atoms with Crippen molar-refractivity contribution in [3.05, 3.63) is 94.1 Å². The molecule has 0 aliphatic carbocycles. The Hall–Kier alpha value is -3.97. The van der Waals surface area contributed by atoms with Gasteiger partial charge in [-0.2, -0.15) is 0 Å². The summed E-state index contributed by atoms with van der Waals surface area (Å²) in [6, 6.07) is 21.4. The van der Waals surface area contributed by atoms with Gasteiger partial charge in [-0.15, -0.1) is 0 Å². The van der Waals surface area contributed by atoms with E-state index in [0.29, 0.717) is 36.0 Å². The van der Waals surface area contributed by atoms with Gasteiger partial charge >= 0.3 is 0 Å². The lowest BCUT2D eigenvalue weighted by Gasteiger charge is -2.51. The predicted molar refractivity (Wildman–Crippen MR) is 150 cm³/mol. The summed E-state index contributed by atoms with van der Waals surface area (Å²) in [4.78, 5) is 35.0. The molecule has 0 unspecified atom stereocenters. The molecule has 7 nitrogen and oxygen atoms in total. The number of nitrogens with one attached hydrogen (secondary N) is 1. The van der Waals surface area contributed by atoms with Crippen LogP contribution in [0.1, 0.15) is 35.2 Å². The molecule has 0 bridgehead atoms. The maximum absolute atomic E-state index is 14.3. The van der Waals surface area contributed by atoms with Crippen molar-refractivity contribution in [1.29, 1.82) is 0 Å². The first kappa shape index (κ1) is 25.3. The first-order valence-electron chi connectivity index (χ1n) is 13.0. The number of aromatic amines is 1. The number of hydrogen-bond donors (Lipinski definition) is 1. The van der Waals surface area contributed by atoms with Crippen LogP contribution in [0.2, 0.25) is 5.02 Å². The van der Waals surface area contributed by atoms with Crippen LogP contribution >= 0.6 is 11.6 Å². The van der Waals surface area contributed by atoms with Crippen molar-refractivity contribution in [2.24, 2.45) is 0 Å². The minimum absolute atomic E-state index is 0.0412. The Bertz CT molecular complexity index is 1580. The Labute approximate surface area is 232 Å². The number of benzene rings is 3. The number of para-hydroxylation sites is 2. The van der Waals surface area contributed by atoms with Crippen LogP contribution in [0.5, 0.6) is 11.5 Å². The van der Waals surface area contributed by atoms with E-state index in [9.17, 15) is 9.59 Å². The van der Waals surface area contributed by atoms with Crippen molar-refractivity contribution in [2.45, 2.75) is 24.8 Å². The van der Waals surface area contributed by atoms with Gasteiger partial charge < -0.3 is 24.3 Å². The maximum Gasteiger partial charge on any atom is 0.254 e. The predicted octanol–water partition coefficient (Wildman–Crippen LogP) is 5.11. The van der Waals surface area contributed by atoms with E-state index < -0.39 is 5.54 Å². The molecule has 2 aliphatic rings. The molecule has 2 amide bonds. The average molecular weight is 544 g/mol. The molecule has 200 valence electrons. The van der Waals surface area contributed by atoms with Crippen LogP contribution in [-0.2, 0) is 21.5 Å². The van der Waals surface area contributed by atoms with Gasteiger partial charge in [-0.05, 0) is 48.7 Å². The van der Waals surface area contributed by atoms with Gasteiger partial charge in [-0.25, -0.2) is 0 Å². The summed E-state index contributed by atoms with van der Waals surface area (Å²) in [6.07, 6.45) is 0.634. The SMILES string of the molecule is COc1cccc([C@H]2CN3C(=O)CN(CCc4ccc(Cl)cc4)C(=O)[C@]3(C)c3[nH]c4ccccc4c32)c1OC. The van der Waals surface area contributed by atoms with Crippen LogP contribution in [0, 0.1) is 0 Å². The maximum atomic E-state index is 14.3. The summed E-state index contributed by atoms with van der Waals surface area (Å²) < 4.78 is 11.4. The summed E-state index contributed by atoms with van der Waals surface area (Å²) in [5.41, 5.74) is 3.50. The van der Waals surface area contributed by atoms with Crippen LogP contribution in [0.15, 0.2) is 66.7 Å². The third-order valence-corrected chi connectivity index (χ3v) is 8.46. The highest BCUT2D eigenvalue weighted by atomic mass is 35.5. The topological polar surface area (TPSA) is 74.9 Å². The van der Waals surface area contributed by atoms with Gasteiger partial charge in [-0.3, -0.25) is 9.59 Å². The molecule has 0 radical (unpaired) electrons. The van der Waals surface area contributed by atoms with Gasteiger partial charge in [0, 0.05) is 40.5 Å². The van der Waals surface area contributed by atoms with Crippen LogP contribution < -0.4 is 9.47 Å². The molecule has 3 aromatic carbocycles. The zero-order valence-corrected chi connectivity index (χ0v) is 22.9. The van der Waals surface area contributed by atoms with Crippen molar-refractivity contribution in [2.75, 3.05) is 33.9 Å². The summed E-state index contributed by atoms with van der Waals surface area (Å²) in [6.45, 7) is 2.71. The summed E-state index contributed by atoms with van der Waals surface area (Å²) in [7, 11) is 3.24. The average Bonchev–Trinajstić information content (AvgIpc) is 3.35. The Morgan fingerprint density at radius 1 is 1.00 bits per heavy atom. The molecule has 1 aromatic heterocycles. The molecule has 2 aliphatic heterocycles. The molecule has 8 heteroatoms. The van der Waals surface area contributed by atoms with Crippen LogP contribution in [0.3, 0.4) is 0 Å². The molecule has 6 rings (SSSR count).